The van der Waals surface area contributed by atoms with Crippen molar-refractivity contribution in [3.05, 3.63) is 34.3 Å². The molecule has 98 valence electrons. The zero-order valence-corrected chi connectivity index (χ0v) is 11.1. The van der Waals surface area contributed by atoms with Crippen molar-refractivity contribution in [1.82, 2.24) is 4.57 Å². The number of aromatic nitrogens is 1. The van der Waals surface area contributed by atoms with Crippen molar-refractivity contribution >= 4 is 11.1 Å². The second-order valence-electron chi connectivity index (χ2n) is 4.95. The summed E-state index contributed by atoms with van der Waals surface area (Å²) in [6.45, 7) is 4.31. The first-order valence-corrected chi connectivity index (χ1v) is 6.39. The van der Waals surface area contributed by atoms with Crippen molar-refractivity contribution in [2.24, 2.45) is 18.7 Å². The van der Waals surface area contributed by atoms with E-state index in [1.807, 2.05) is 18.2 Å². The summed E-state index contributed by atoms with van der Waals surface area (Å²) < 4.78 is 6.68. The number of rotatable bonds is 4. The van der Waals surface area contributed by atoms with Crippen LogP contribution in [0.4, 0.5) is 0 Å². The molecule has 0 aliphatic carbocycles. The van der Waals surface area contributed by atoms with Crippen molar-refractivity contribution < 1.29 is 4.42 Å². The number of nitrogens with zero attached hydrogens (tertiary/aromatic N) is 1. The largest absolute Gasteiger partial charge is 0.419 e. The van der Waals surface area contributed by atoms with E-state index in [0.717, 1.165) is 23.9 Å². The van der Waals surface area contributed by atoms with Gasteiger partial charge in [-0.1, -0.05) is 26.3 Å². The van der Waals surface area contributed by atoms with Gasteiger partial charge in [0.05, 0.1) is 5.52 Å². The van der Waals surface area contributed by atoms with E-state index in [4.69, 9.17) is 10.2 Å². The SMILES string of the molecule is CCCC(C)C(N)c1ccc2c(c1)oc(=O)n2C. The molecule has 0 aliphatic rings. The molecule has 0 aliphatic heterocycles. The fourth-order valence-electron chi connectivity index (χ4n) is 2.32. The highest BCUT2D eigenvalue weighted by Gasteiger charge is 2.16. The molecule has 1 aromatic heterocycles. The smallest absolute Gasteiger partial charge is 0.408 e. The second kappa shape index (κ2) is 4.98. The number of benzene rings is 1. The average molecular weight is 248 g/mol. The molecule has 1 heterocycles. The number of hydrogen-bond donors (Lipinski definition) is 1. The third-order valence-corrected chi connectivity index (χ3v) is 3.56. The lowest BCUT2D eigenvalue weighted by Crippen LogP contribution is -2.18. The van der Waals surface area contributed by atoms with E-state index in [-0.39, 0.29) is 11.8 Å². The molecule has 4 heteroatoms. The van der Waals surface area contributed by atoms with Gasteiger partial charge in [0.15, 0.2) is 5.58 Å². The first-order chi connectivity index (χ1) is 8.54. The minimum absolute atomic E-state index is 0.0140. The zero-order chi connectivity index (χ0) is 13.3. The Labute approximate surface area is 106 Å². The van der Waals surface area contributed by atoms with Crippen molar-refractivity contribution in [2.75, 3.05) is 0 Å². The second-order valence-corrected chi connectivity index (χ2v) is 4.95. The van der Waals surface area contributed by atoms with Crippen LogP contribution in [0.25, 0.3) is 11.1 Å². The van der Waals surface area contributed by atoms with Crippen LogP contribution in [0, 0.1) is 5.92 Å². The number of oxazole rings is 1. The molecule has 0 saturated carbocycles. The molecule has 0 fully saturated rings. The van der Waals surface area contributed by atoms with E-state index in [0.29, 0.717) is 11.5 Å². The maximum absolute atomic E-state index is 11.4. The molecule has 0 radical (unpaired) electrons. The molecule has 0 saturated heterocycles. The van der Waals surface area contributed by atoms with Crippen molar-refractivity contribution in [3.63, 3.8) is 0 Å². The van der Waals surface area contributed by atoms with Gasteiger partial charge in [0, 0.05) is 13.1 Å². The van der Waals surface area contributed by atoms with Crippen LogP contribution >= 0.6 is 0 Å². The average Bonchev–Trinajstić information content (AvgIpc) is 2.64. The van der Waals surface area contributed by atoms with Gasteiger partial charge in [0.2, 0.25) is 0 Å². The molecule has 0 spiro atoms. The van der Waals surface area contributed by atoms with Crippen LogP contribution < -0.4 is 11.5 Å². The van der Waals surface area contributed by atoms with Crippen LogP contribution in [0.3, 0.4) is 0 Å². The lowest BCUT2D eigenvalue weighted by molar-refractivity contribution is 0.433. The molecule has 2 N–H and O–H groups in total. The number of hydrogen-bond acceptors (Lipinski definition) is 3. The minimum atomic E-state index is -0.336. The summed E-state index contributed by atoms with van der Waals surface area (Å²) in [6.07, 6.45) is 2.22. The predicted molar refractivity (Wildman–Crippen MR) is 72.5 cm³/mol. The Morgan fingerprint density at radius 2 is 2.17 bits per heavy atom. The van der Waals surface area contributed by atoms with Crippen molar-refractivity contribution in [3.8, 4) is 0 Å². The summed E-state index contributed by atoms with van der Waals surface area (Å²) in [6, 6.07) is 5.75. The van der Waals surface area contributed by atoms with E-state index in [2.05, 4.69) is 13.8 Å². The number of fused-ring (bicyclic) bond motifs is 1. The molecule has 0 amide bonds. The van der Waals surface area contributed by atoms with Gasteiger partial charge in [0.1, 0.15) is 0 Å². The molecule has 1 aromatic carbocycles. The van der Waals surface area contributed by atoms with Gasteiger partial charge in [-0.15, -0.1) is 0 Å². The Morgan fingerprint density at radius 3 is 2.83 bits per heavy atom. The van der Waals surface area contributed by atoms with Gasteiger partial charge < -0.3 is 10.2 Å². The summed E-state index contributed by atoms with van der Waals surface area (Å²) in [5, 5.41) is 0. The molecule has 2 aromatic rings. The van der Waals surface area contributed by atoms with Gasteiger partial charge >= 0.3 is 5.76 Å². The fraction of sp³-hybridized carbons (Fsp3) is 0.500. The van der Waals surface area contributed by atoms with Gasteiger partial charge in [-0.05, 0) is 30.0 Å². The van der Waals surface area contributed by atoms with Crippen LogP contribution in [0.5, 0.6) is 0 Å². The highest BCUT2D eigenvalue weighted by molar-refractivity contribution is 5.73. The minimum Gasteiger partial charge on any atom is -0.408 e. The molecule has 0 bridgehead atoms. The molecular weight excluding hydrogens is 228 g/mol. The first kappa shape index (κ1) is 12.9. The lowest BCUT2D eigenvalue weighted by atomic mass is 9.92. The van der Waals surface area contributed by atoms with Crippen molar-refractivity contribution in [2.45, 2.75) is 32.7 Å². The Bertz CT molecular complexity index is 597. The zero-order valence-electron chi connectivity index (χ0n) is 11.1. The highest BCUT2D eigenvalue weighted by atomic mass is 16.4. The Hall–Kier alpha value is -1.55. The van der Waals surface area contributed by atoms with E-state index >= 15 is 0 Å². The van der Waals surface area contributed by atoms with Crippen LogP contribution in [0.15, 0.2) is 27.4 Å². The molecule has 2 rings (SSSR count). The molecule has 2 atom stereocenters. The maximum atomic E-state index is 11.4. The van der Waals surface area contributed by atoms with Gasteiger partial charge in [0.25, 0.3) is 0 Å². The highest BCUT2D eigenvalue weighted by Crippen LogP contribution is 2.25. The summed E-state index contributed by atoms with van der Waals surface area (Å²) in [7, 11) is 1.70. The lowest BCUT2D eigenvalue weighted by Gasteiger charge is -2.19. The summed E-state index contributed by atoms with van der Waals surface area (Å²) in [5.74, 6) is 0.0835. The van der Waals surface area contributed by atoms with Crippen LogP contribution in [0.1, 0.15) is 38.3 Å². The number of nitrogens with two attached hydrogens (primary N) is 1. The normalized spacial score (nSPS) is 14.9. The van der Waals surface area contributed by atoms with Crippen LogP contribution in [-0.4, -0.2) is 4.57 Å². The quantitative estimate of drug-likeness (QED) is 0.904. The standard InChI is InChI=1S/C14H20N2O2/c1-4-5-9(2)13(15)10-6-7-11-12(8-10)18-14(17)16(11)3/h6-9,13H,4-5,15H2,1-3H3. The monoisotopic (exact) mass is 248 g/mol. The molecule has 4 nitrogen and oxygen atoms in total. The third-order valence-electron chi connectivity index (χ3n) is 3.56. The van der Waals surface area contributed by atoms with Gasteiger partial charge in [-0.25, -0.2) is 4.79 Å². The van der Waals surface area contributed by atoms with E-state index in [1.165, 1.54) is 4.57 Å². The van der Waals surface area contributed by atoms with Gasteiger partial charge in [-0.3, -0.25) is 4.57 Å². The Balaban J connectivity index is 2.38. The predicted octanol–water partition coefficient (Wildman–Crippen LogP) is 2.57. The Kier molecular flexibility index (Phi) is 3.57. The fourth-order valence-corrected chi connectivity index (χ4v) is 2.32. The molecule has 2 unspecified atom stereocenters. The third kappa shape index (κ3) is 2.20. The summed E-state index contributed by atoms with van der Waals surface area (Å²) in [4.78, 5) is 11.4. The van der Waals surface area contributed by atoms with Crippen LogP contribution in [-0.2, 0) is 7.05 Å². The van der Waals surface area contributed by atoms with E-state index in [1.54, 1.807) is 7.05 Å². The van der Waals surface area contributed by atoms with E-state index in [9.17, 15) is 4.79 Å². The summed E-state index contributed by atoms with van der Waals surface area (Å²) in [5.41, 5.74) is 8.67. The summed E-state index contributed by atoms with van der Waals surface area (Å²) >= 11 is 0. The van der Waals surface area contributed by atoms with Crippen LogP contribution in [0.2, 0.25) is 0 Å². The maximum Gasteiger partial charge on any atom is 0.419 e. The Morgan fingerprint density at radius 1 is 1.44 bits per heavy atom. The topological polar surface area (TPSA) is 61.2 Å². The number of aryl methyl sites for hydroxylation is 1. The van der Waals surface area contributed by atoms with Crippen molar-refractivity contribution in [1.29, 1.82) is 0 Å². The first-order valence-electron chi connectivity index (χ1n) is 6.39. The van der Waals surface area contributed by atoms with Gasteiger partial charge in [-0.2, -0.15) is 0 Å². The van der Waals surface area contributed by atoms with E-state index < -0.39 is 0 Å². The molecular formula is C14H20N2O2. The molecule has 18 heavy (non-hydrogen) atoms.